The van der Waals surface area contributed by atoms with Crippen molar-refractivity contribution in [3.63, 3.8) is 0 Å². The molecule has 5 aromatic rings. The van der Waals surface area contributed by atoms with Gasteiger partial charge in [-0.25, -0.2) is 4.98 Å². The second-order valence-electron chi connectivity index (χ2n) is 6.96. The van der Waals surface area contributed by atoms with Gasteiger partial charge in [-0.1, -0.05) is 78.9 Å². The Balaban J connectivity index is 1.75. The molecule has 5 rings (SSSR count). The summed E-state index contributed by atoms with van der Waals surface area (Å²) in [5.41, 5.74) is 5.95. The summed E-state index contributed by atoms with van der Waals surface area (Å²) in [4.78, 5) is 4.98. The van der Waals surface area contributed by atoms with Gasteiger partial charge in [-0.3, -0.25) is 0 Å². The van der Waals surface area contributed by atoms with Gasteiger partial charge >= 0.3 is 0 Å². The molecule has 0 radical (unpaired) electrons. The van der Waals surface area contributed by atoms with Crippen molar-refractivity contribution >= 4 is 21.8 Å². The van der Waals surface area contributed by atoms with Crippen molar-refractivity contribution in [1.82, 2.24) is 9.55 Å². The molecule has 0 saturated heterocycles. The number of aromatic nitrogens is 2. The third-order valence-electron chi connectivity index (χ3n) is 5.25. The zero-order valence-electron chi connectivity index (χ0n) is 15.3. The van der Waals surface area contributed by atoms with Crippen molar-refractivity contribution in [2.24, 2.45) is 0 Å². The monoisotopic (exact) mass is 348 g/mol. The van der Waals surface area contributed by atoms with Crippen LogP contribution in [0.15, 0.2) is 91.0 Å². The molecule has 27 heavy (non-hydrogen) atoms. The second kappa shape index (κ2) is 6.40. The number of rotatable bonds is 3. The third kappa shape index (κ3) is 2.70. The summed E-state index contributed by atoms with van der Waals surface area (Å²) in [7, 11) is 0. The van der Waals surface area contributed by atoms with Crippen molar-refractivity contribution in [2.75, 3.05) is 0 Å². The fraction of sp³-hybridized carbons (Fsp3) is 0.0800. The predicted molar refractivity (Wildman–Crippen MR) is 113 cm³/mol. The van der Waals surface area contributed by atoms with Crippen molar-refractivity contribution in [3.05, 3.63) is 102 Å². The number of nitrogens with zero attached hydrogens (tertiary/aromatic N) is 2. The first-order chi connectivity index (χ1) is 13.3. The maximum Gasteiger partial charge on any atom is 0.141 e. The van der Waals surface area contributed by atoms with E-state index in [0.717, 1.165) is 17.9 Å². The van der Waals surface area contributed by atoms with Crippen molar-refractivity contribution in [2.45, 2.75) is 13.5 Å². The van der Waals surface area contributed by atoms with Crippen molar-refractivity contribution < 1.29 is 0 Å². The van der Waals surface area contributed by atoms with Gasteiger partial charge in [-0.2, -0.15) is 0 Å². The molecule has 1 aromatic heterocycles. The van der Waals surface area contributed by atoms with E-state index in [1.54, 1.807) is 0 Å². The summed E-state index contributed by atoms with van der Waals surface area (Å²) < 4.78 is 2.35. The lowest BCUT2D eigenvalue weighted by Gasteiger charge is -2.13. The van der Waals surface area contributed by atoms with Gasteiger partial charge in [0.15, 0.2) is 0 Å². The van der Waals surface area contributed by atoms with Crippen molar-refractivity contribution in [1.29, 1.82) is 0 Å². The Morgan fingerprint density at radius 1 is 0.741 bits per heavy atom. The summed E-state index contributed by atoms with van der Waals surface area (Å²) in [5.74, 6) is 1.03. The van der Waals surface area contributed by atoms with Crippen LogP contribution in [0.3, 0.4) is 0 Å². The van der Waals surface area contributed by atoms with Crippen LogP contribution in [0.25, 0.3) is 33.2 Å². The first kappa shape index (κ1) is 15.8. The largest absolute Gasteiger partial charge is 0.319 e. The highest BCUT2D eigenvalue weighted by Crippen LogP contribution is 2.29. The van der Waals surface area contributed by atoms with Gasteiger partial charge in [0, 0.05) is 5.56 Å². The lowest BCUT2D eigenvalue weighted by molar-refractivity contribution is 0.839. The van der Waals surface area contributed by atoms with Crippen LogP contribution in [-0.2, 0) is 6.54 Å². The molecule has 130 valence electrons. The molecular formula is C25H20N2. The SMILES string of the molecule is Cc1ccccc1-c1nc2ccccc2n1Cc1cccc2ccccc12. The topological polar surface area (TPSA) is 17.8 Å². The highest BCUT2D eigenvalue weighted by molar-refractivity contribution is 5.86. The highest BCUT2D eigenvalue weighted by Gasteiger charge is 2.15. The quantitative estimate of drug-likeness (QED) is 0.379. The average molecular weight is 348 g/mol. The fourth-order valence-corrected chi connectivity index (χ4v) is 3.87. The Morgan fingerprint density at radius 3 is 2.41 bits per heavy atom. The van der Waals surface area contributed by atoms with Gasteiger partial charge in [-0.15, -0.1) is 0 Å². The molecule has 1 heterocycles. The van der Waals surface area contributed by atoms with Crippen molar-refractivity contribution in [3.8, 4) is 11.4 Å². The maximum absolute atomic E-state index is 4.98. The Labute approximate surface area is 158 Å². The van der Waals surface area contributed by atoms with E-state index in [0.29, 0.717) is 0 Å². The van der Waals surface area contributed by atoms with E-state index in [-0.39, 0.29) is 0 Å². The standard InChI is InChI=1S/C25H20N2/c1-18-9-2-4-13-21(18)25-26-23-15-6-7-16-24(23)27(25)17-20-12-8-11-19-10-3-5-14-22(19)20/h2-16H,17H2,1H3. The van der Waals surface area contributed by atoms with E-state index in [1.807, 2.05) is 0 Å². The lowest BCUT2D eigenvalue weighted by Crippen LogP contribution is -2.03. The summed E-state index contributed by atoms with van der Waals surface area (Å²) in [6.45, 7) is 2.95. The first-order valence-electron chi connectivity index (χ1n) is 9.29. The zero-order valence-corrected chi connectivity index (χ0v) is 15.3. The molecule has 0 unspecified atom stereocenters. The molecule has 0 bridgehead atoms. The predicted octanol–water partition coefficient (Wildman–Crippen LogP) is 6.21. The van der Waals surface area contributed by atoms with Gasteiger partial charge in [0.1, 0.15) is 5.82 Å². The average Bonchev–Trinajstić information content (AvgIpc) is 3.07. The first-order valence-corrected chi connectivity index (χ1v) is 9.29. The van der Waals surface area contributed by atoms with E-state index in [9.17, 15) is 0 Å². The Kier molecular flexibility index (Phi) is 3.75. The van der Waals surface area contributed by atoms with Crippen LogP contribution in [0.4, 0.5) is 0 Å². The molecule has 0 amide bonds. The number of para-hydroxylation sites is 2. The lowest BCUT2D eigenvalue weighted by atomic mass is 10.0. The van der Waals surface area contributed by atoms with Gasteiger partial charge in [-0.05, 0) is 41.0 Å². The zero-order chi connectivity index (χ0) is 18.2. The molecule has 0 spiro atoms. The van der Waals surface area contributed by atoms with E-state index in [4.69, 9.17) is 4.98 Å². The third-order valence-corrected chi connectivity index (χ3v) is 5.25. The van der Waals surface area contributed by atoms with Crippen LogP contribution in [0.2, 0.25) is 0 Å². The Morgan fingerprint density at radius 2 is 1.48 bits per heavy atom. The summed E-state index contributed by atoms with van der Waals surface area (Å²) in [5, 5.41) is 2.57. The molecule has 0 aliphatic heterocycles. The van der Waals surface area contributed by atoms with Crippen LogP contribution in [0.5, 0.6) is 0 Å². The summed E-state index contributed by atoms with van der Waals surface area (Å²) >= 11 is 0. The molecule has 0 atom stereocenters. The van der Waals surface area contributed by atoms with Crippen LogP contribution in [-0.4, -0.2) is 9.55 Å². The van der Waals surface area contributed by atoms with E-state index in [1.165, 1.54) is 33.0 Å². The number of hydrogen-bond donors (Lipinski definition) is 0. The maximum atomic E-state index is 4.98. The minimum Gasteiger partial charge on any atom is -0.319 e. The molecular weight excluding hydrogens is 328 g/mol. The highest BCUT2D eigenvalue weighted by atomic mass is 15.1. The van der Waals surface area contributed by atoms with Gasteiger partial charge < -0.3 is 4.57 Å². The number of imidazole rings is 1. The van der Waals surface area contributed by atoms with Crippen LogP contribution in [0, 0.1) is 6.92 Å². The minimum atomic E-state index is 0.797. The molecule has 0 aliphatic carbocycles. The molecule has 0 aliphatic rings. The van der Waals surface area contributed by atoms with E-state index < -0.39 is 0 Å². The Bertz CT molecular complexity index is 1260. The summed E-state index contributed by atoms with van der Waals surface area (Å²) in [6, 6.07) is 32.0. The number of hydrogen-bond acceptors (Lipinski definition) is 1. The number of fused-ring (bicyclic) bond motifs is 2. The molecule has 2 nitrogen and oxygen atoms in total. The van der Waals surface area contributed by atoms with Crippen LogP contribution in [0.1, 0.15) is 11.1 Å². The molecule has 0 N–H and O–H groups in total. The smallest absolute Gasteiger partial charge is 0.141 e. The normalized spacial score (nSPS) is 11.3. The Hall–Kier alpha value is -3.39. The number of benzene rings is 4. The second-order valence-corrected chi connectivity index (χ2v) is 6.96. The molecule has 4 aromatic carbocycles. The molecule has 2 heteroatoms. The fourth-order valence-electron chi connectivity index (χ4n) is 3.87. The van der Waals surface area contributed by atoms with Gasteiger partial charge in [0.25, 0.3) is 0 Å². The van der Waals surface area contributed by atoms with Gasteiger partial charge in [0.2, 0.25) is 0 Å². The van der Waals surface area contributed by atoms with Crippen LogP contribution < -0.4 is 0 Å². The van der Waals surface area contributed by atoms with Crippen LogP contribution >= 0.6 is 0 Å². The minimum absolute atomic E-state index is 0.797. The number of aryl methyl sites for hydroxylation is 1. The van der Waals surface area contributed by atoms with Gasteiger partial charge in [0.05, 0.1) is 17.6 Å². The summed E-state index contributed by atoms with van der Waals surface area (Å²) in [6.07, 6.45) is 0. The van der Waals surface area contributed by atoms with E-state index >= 15 is 0 Å². The molecule has 0 saturated carbocycles. The molecule has 0 fully saturated rings. The van der Waals surface area contributed by atoms with E-state index in [2.05, 4.69) is 102 Å².